The van der Waals surface area contributed by atoms with E-state index in [9.17, 15) is 4.79 Å². The summed E-state index contributed by atoms with van der Waals surface area (Å²) in [6.07, 6.45) is 1.21. The number of amides is 1. The lowest BCUT2D eigenvalue weighted by Crippen LogP contribution is -2.28. The topological polar surface area (TPSA) is 65.4 Å². The predicted octanol–water partition coefficient (Wildman–Crippen LogP) is 2.56. The fourth-order valence-corrected chi connectivity index (χ4v) is 2.10. The molecule has 0 radical (unpaired) electrons. The van der Waals surface area contributed by atoms with E-state index < -0.39 is 6.10 Å². The molecule has 0 aliphatic carbocycles. The molecular formula is C17H23N3O3. The molecule has 0 fully saturated rings. The van der Waals surface area contributed by atoms with Gasteiger partial charge in [-0.3, -0.25) is 4.79 Å². The molecule has 1 atom stereocenters. The maximum atomic E-state index is 12.1. The number of rotatable bonds is 8. The second-order valence-electron chi connectivity index (χ2n) is 5.13. The molecule has 124 valence electrons. The highest BCUT2D eigenvalue weighted by Gasteiger charge is 2.13. The minimum atomic E-state index is -0.537. The third kappa shape index (κ3) is 4.91. The Bertz CT molecular complexity index is 640. The van der Waals surface area contributed by atoms with Crippen LogP contribution < -0.4 is 5.32 Å². The number of aryl methyl sites for hydroxylation is 1. The first kappa shape index (κ1) is 17.2. The summed E-state index contributed by atoms with van der Waals surface area (Å²) in [5.41, 5.74) is 2.64. The molecule has 0 unspecified atom stereocenters. The first-order valence-corrected chi connectivity index (χ1v) is 7.73. The van der Waals surface area contributed by atoms with Crippen molar-refractivity contribution >= 4 is 11.6 Å². The lowest BCUT2D eigenvalue weighted by Gasteiger charge is -2.14. The molecule has 0 aliphatic heterocycles. The van der Waals surface area contributed by atoms with Crippen molar-refractivity contribution in [3.05, 3.63) is 42.2 Å². The van der Waals surface area contributed by atoms with E-state index in [1.54, 1.807) is 13.1 Å². The summed E-state index contributed by atoms with van der Waals surface area (Å²) < 4.78 is 12.4. The quantitative estimate of drug-likeness (QED) is 0.760. The molecule has 1 amide bonds. The monoisotopic (exact) mass is 317 g/mol. The Kier molecular flexibility index (Phi) is 6.31. The molecule has 0 saturated carbocycles. The van der Waals surface area contributed by atoms with Gasteiger partial charge >= 0.3 is 0 Å². The molecular weight excluding hydrogens is 294 g/mol. The molecule has 1 aromatic carbocycles. The number of benzene rings is 1. The fraction of sp³-hybridized carbons (Fsp3) is 0.412. The van der Waals surface area contributed by atoms with Gasteiger partial charge in [0.05, 0.1) is 18.9 Å². The summed E-state index contributed by atoms with van der Waals surface area (Å²) in [4.78, 5) is 12.1. The fourth-order valence-electron chi connectivity index (χ4n) is 2.10. The second-order valence-corrected chi connectivity index (χ2v) is 5.13. The summed E-state index contributed by atoms with van der Waals surface area (Å²) in [7, 11) is 0. The zero-order valence-corrected chi connectivity index (χ0v) is 13.8. The number of ether oxygens (including phenoxy) is 2. The zero-order valence-electron chi connectivity index (χ0n) is 13.8. The molecule has 1 N–H and O–H groups in total. The van der Waals surface area contributed by atoms with Crippen molar-refractivity contribution in [2.24, 2.45) is 0 Å². The summed E-state index contributed by atoms with van der Waals surface area (Å²) in [5, 5.41) is 7.12. The molecule has 2 rings (SSSR count). The average Bonchev–Trinajstić information content (AvgIpc) is 2.97. The van der Waals surface area contributed by atoms with Crippen LogP contribution in [0, 0.1) is 6.92 Å². The molecule has 2 aromatic rings. The van der Waals surface area contributed by atoms with Crippen LogP contribution in [-0.4, -0.2) is 41.6 Å². The van der Waals surface area contributed by atoms with Gasteiger partial charge in [-0.1, -0.05) is 6.07 Å². The number of hydrogen-bond donors (Lipinski definition) is 1. The lowest BCUT2D eigenvalue weighted by atomic mass is 10.2. The first-order valence-electron chi connectivity index (χ1n) is 7.73. The molecule has 23 heavy (non-hydrogen) atoms. The van der Waals surface area contributed by atoms with Crippen LogP contribution in [-0.2, 0) is 14.3 Å². The van der Waals surface area contributed by atoms with E-state index >= 15 is 0 Å². The van der Waals surface area contributed by atoms with Crippen LogP contribution in [0.5, 0.6) is 0 Å². The van der Waals surface area contributed by atoms with Crippen LogP contribution in [0.3, 0.4) is 0 Å². The Morgan fingerprint density at radius 3 is 2.87 bits per heavy atom. The Balaban J connectivity index is 1.95. The molecule has 6 nitrogen and oxygen atoms in total. The minimum Gasteiger partial charge on any atom is -0.379 e. The second kappa shape index (κ2) is 8.45. The Hall–Kier alpha value is -2.18. The van der Waals surface area contributed by atoms with Crippen molar-refractivity contribution in [1.29, 1.82) is 0 Å². The number of nitrogens with zero attached hydrogens (tertiary/aromatic N) is 2. The van der Waals surface area contributed by atoms with Gasteiger partial charge in [-0.2, -0.15) is 5.10 Å². The van der Waals surface area contributed by atoms with Gasteiger partial charge in [0.1, 0.15) is 6.10 Å². The highest BCUT2D eigenvalue weighted by molar-refractivity contribution is 5.94. The van der Waals surface area contributed by atoms with E-state index in [1.807, 2.05) is 48.9 Å². The van der Waals surface area contributed by atoms with Gasteiger partial charge in [0, 0.05) is 24.2 Å². The first-order chi connectivity index (χ1) is 11.1. The van der Waals surface area contributed by atoms with Crippen LogP contribution >= 0.6 is 0 Å². The minimum absolute atomic E-state index is 0.184. The third-order valence-electron chi connectivity index (χ3n) is 3.36. The van der Waals surface area contributed by atoms with Gasteiger partial charge in [-0.25, -0.2) is 4.68 Å². The molecule has 0 saturated heterocycles. The van der Waals surface area contributed by atoms with Gasteiger partial charge in [-0.05, 0) is 45.0 Å². The highest BCUT2D eigenvalue weighted by atomic mass is 16.5. The number of hydrogen-bond acceptors (Lipinski definition) is 4. The summed E-state index contributed by atoms with van der Waals surface area (Å²) >= 11 is 0. The van der Waals surface area contributed by atoms with Gasteiger partial charge in [0.2, 0.25) is 0 Å². The van der Waals surface area contributed by atoms with Gasteiger partial charge in [0.25, 0.3) is 5.91 Å². The van der Waals surface area contributed by atoms with Gasteiger partial charge in [-0.15, -0.1) is 0 Å². The van der Waals surface area contributed by atoms with Crippen LogP contribution in [0.25, 0.3) is 5.69 Å². The largest absolute Gasteiger partial charge is 0.379 e. The van der Waals surface area contributed by atoms with Crippen molar-refractivity contribution in [3.63, 3.8) is 0 Å². The van der Waals surface area contributed by atoms with E-state index in [0.29, 0.717) is 25.5 Å². The average molecular weight is 317 g/mol. The van der Waals surface area contributed by atoms with Crippen LogP contribution in [0.4, 0.5) is 5.69 Å². The number of nitrogens with one attached hydrogen (secondary N) is 1. The number of carbonyl (C=O) groups is 1. The molecule has 0 aliphatic rings. The standard InChI is InChI=1S/C17H23N3O3/c1-4-22-10-11-23-14(3)17(21)19-15-6-5-7-16(12-15)20-13(2)8-9-18-20/h5-9,12,14H,4,10-11H2,1-3H3,(H,19,21)/t14-/m0/s1. The predicted molar refractivity (Wildman–Crippen MR) is 88.8 cm³/mol. The Morgan fingerprint density at radius 2 is 2.17 bits per heavy atom. The molecule has 1 heterocycles. The normalized spacial score (nSPS) is 12.1. The number of anilines is 1. The van der Waals surface area contributed by atoms with Gasteiger partial charge < -0.3 is 14.8 Å². The van der Waals surface area contributed by atoms with E-state index in [2.05, 4.69) is 10.4 Å². The Labute approximate surface area is 136 Å². The summed E-state index contributed by atoms with van der Waals surface area (Å²) in [5.74, 6) is -0.184. The van der Waals surface area contributed by atoms with Crippen molar-refractivity contribution in [2.75, 3.05) is 25.1 Å². The number of aromatic nitrogens is 2. The smallest absolute Gasteiger partial charge is 0.253 e. The lowest BCUT2D eigenvalue weighted by molar-refractivity contribution is -0.127. The molecule has 1 aromatic heterocycles. The third-order valence-corrected chi connectivity index (χ3v) is 3.36. The molecule has 0 spiro atoms. The van der Waals surface area contributed by atoms with Crippen molar-refractivity contribution < 1.29 is 14.3 Å². The maximum absolute atomic E-state index is 12.1. The van der Waals surface area contributed by atoms with Crippen molar-refractivity contribution in [1.82, 2.24) is 9.78 Å². The zero-order chi connectivity index (χ0) is 16.7. The summed E-state index contributed by atoms with van der Waals surface area (Å²) in [6, 6.07) is 9.47. The van der Waals surface area contributed by atoms with Crippen LogP contribution in [0.1, 0.15) is 19.5 Å². The SMILES string of the molecule is CCOCCO[C@@H](C)C(=O)Nc1cccc(-n2nccc2C)c1. The van der Waals surface area contributed by atoms with Crippen molar-refractivity contribution in [3.8, 4) is 5.69 Å². The van der Waals surface area contributed by atoms with Gasteiger partial charge in [0.15, 0.2) is 0 Å². The van der Waals surface area contributed by atoms with E-state index in [-0.39, 0.29) is 5.91 Å². The van der Waals surface area contributed by atoms with E-state index in [4.69, 9.17) is 9.47 Å². The Morgan fingerprint density at radius 1 is 1.35 bits per heavy atom. The van der Waals surface area contributed by atoms with Crippen LogP contribution in [0.15, 0.2) is 36.5 Å². The maximum Gasteiger partial charge on any atom is 0.253 e. The summed E-state index contributed by atoms with van der Waals surface area (Å²) in [6.45, 7) is 7.15. The highest BCUT2D eigenvalue weighted by Crippen LogP contribution is 2.16. The van der Waals surface area contributed by atoms with E-state index in [0.717, 1.165) is 11.4 Å². The molecule has 0 bridgehead atoms. The number of carbonyl (C=O) groups excluding carboxylic acids is 1. The van der Waals surface area contributed by atoms with Crippen molar-refractivity contribution in [2.45, 2.75) is 26.9 Å². The van der Waals surface area contributed by atoms with E-state index in [1.165, 1.54) is 0 Å². The molecule has 6 heteroatoms. The van der Waals surface area contributed by atoms with Crippen LogP contribution in [0.2, 0.25) is 0 Å².